The summed E-state index contributed by atoms with van der Waals surface area (Å²) >= 11 is 0. The van der Waals surface area contributed by atoms with Crippen molar-refractivity contribution in [3.05, 3.63) is 58.9 Å². The van der Waals surface area contributed by atoms with Gasteiger partial charge >= 0.3 is 6.11 Å². The molecule has 176 valence electrons. The molecule has 0 radical (unpaired) electrons. The van der Waals surface area contributed by atoms with Crippen LogP contribution in [0.3, 0.4) is 0 Å². The first-order chi connectivity index (χ1) is 15.1. The van der Waals surface area contributed by atoms with Crippen LogP contribution in [0.4, 0.5) is 30.7 Å². The fourth-order valence-corrected chi connectivity index (χ4v) is 3.47. The van der Waals surface area contributed by atoms with E-state index in [-0.39, 0.29) is 24.8 Å². The smallest absolute Gasteiger partial charge is 0.429 e. The molecule has 0 amide bonds. The molecule has 0 spiro atoms. The molecule has 1 aliphatic heterocycles. The zero-order chi connectivity index (χ0) is 23.5. The lowest BCUT2D eigenvalue weighted by atomic mass is 9.95. The minimum Gasteiger partial charge on any atom is -0.488 e. The van der Waals surface area contributed by atoms with Crippen molar-refractivity contribution in [3.8, 4) is 11.5 Å². The van der Waals surface area contributed by atoms with E-state index in [2.05, 4.69) is 11.7 Å². The molecule has 2 unspecified atom stereocenters. The Balaban J connectivity index is 1.68. The van der Waals surface area contributed by atoms with Crippen LogP contribution in [0.5, 0.6) is 11.5 Å². The van der Waals surface area contributed by atoms with Gasteiger partial charge in [-0.15, -0.1) is 0 Å². The highest BCUT2D eigenvalue weighted by atomic mass is 19.3. The first-order valence-corrected chi connectivity index (χ1v) is 10.1. The Morgan fingerprint density at radius 2 is 1.66 bits per heavy atom. The maximum Gasteiger partial charge on any atom is 0.429 e. The molecule has 1 aliphatic rings. The summed E-state index contributed by atoms with van der Waals surface area (Å²) in [5.74, 6) is -10.3. The summed E-state index contributed by atoms with van der Waals surface area (Å²) in [6.45, 7) is 2.52. The van der Waals surface area contributed by atoms with Crippen LogP contribution in [0.2, 0.25) is 0 Å². The fraction of sp³-hybridized carbons (Fsp3) is 0.455. The average Bonchev–Trinajstić information content (AvgIpc) is 2.74. The first kappa shape index (κ1) is 24.2. The number of rotatable bonds is 8. The van der Waals surface area contributed by atoms with Crippen LogP contribution in [0.1, 0.15) is 38.2 Å². The van der Waals surface area contributed by atoms with Crippen LogP contribution in [0.15, 0.2) is 24.3 Å². The third kappa shape index (κ3) is 5.46. The Bertz CT molecular complexity index is 920. The van der Waals surface area contributed by atoms with Gasteiger partial charge in [-0.1, -0.05) is 13.3 Å². The molecule has 2 atom stereocenters. The highest BCUT2D eigenvalue weighted by Crippen LogP contribution is 2.37. The lowest BCUT2D eigenvalue weighted by molar-refractivity contribution is -0.188. The largest absolute Gasteiger partial charge is 0.488 e. The van der Waals surface area contributed by atoms with Gasteiger partial charge in [0.15, 0.2) is 29.0 Å². The SMILES string of the molecule is CCCC1CCC(COc2ccc(C(F)(F)Oc3cc(F)c(F)c(F)c3)c(F)c2F)OC1. The summed E-state index contributed by atoms with van der Waals surface area (Å²) in [5, 5.41) is 0. The zero-order valence-electron chi connectivity index (χ0n) is 17.1. The van der Waals surface area contributed by atoms with Crippen molar-refractivity contribution in [1.29, 1.82) is 0 Å². The van der Waals surface area contributed by atoms with Crippen molar-refractivity contribution in [2.75, 3.05) is 13.2 Å². The van der Waals surface area contributed by atoms with Gasteiger partial charge in [0.1, 0.15) is 17.9 Å². The van der Waals surface area contributed by atoms with Crippen molar-refractivity contribution < 1.29 is 44.9 Å². The normalized spacial score (nSPS) is 19.1. The Hall–Kier alpha value is -2.49. The lowest BCUT2D eigenvalue weighted by Crippen LogP contribution is -2.30. The van der Waals surface area contributed by atoms with Gasteiger partial charge in [-0.3, -0.25) is 0 Å². The summed E-state index contributed by atoms with van der Waals surface area (Å²) in [7, 11) is 0. The summed E-state index contributed by atoms with van der Waals surface area (Å²) in [6, 6.07) is 1.64. The Kier molecular flexibility index (Phi) is 7.53. The number of hydrogen-bond acceptors (Lipinski definition) is 3. The maximum absolute atomic E-state index is 14.3. The molecular weight excluding hydrogens is 445 g/mol. The zero-order valence-corrected chi connectivity index (χ0v) is 17.1. The predicted octanol–water partition coefficient (Wildman–Crippen LogP) is 6.48. The van der Waals surface area contributed by atoms with Crippen molar-refractivity contribution in [1.82, 2.24) is 0 Å². The molecule has 3 nitrogen and oxygen atoms in total. The third-order valence-electron chi connectivity index (χ3n) is 5.15. The standard InChI is InChI=1S/C22H21F7O3/c1-2-3-12-4-5-13(30-10-12)11-31-18-7-6-15(19(25)21(18)27)22(28,29)32-14-8-16(23)20(26)17(24)9-14/h6-9,12-13H,2-5,10-11H2,1H3. The Morgan fingerprint density at radius 1 is 0.969 bits per heavy atom. The number of benzene rings is 2. The molecule has 1 saturated heterocycles. The first-order valence-electron chi connectivity index (χ1n) is 10.1. The second-order valence-corrected chi connectivity index (χ2v) is 7.56. The summed E-state index contributed by atoms with van der Waals surface area (Å²) < 4.78 is 112. The molecule has 0 aromatic heterocycles. The van der Waals surface area contributed by atoms with Crippen LogP contribution < -0.4 is 9.47 Å². The maximum atomic E-state index is 14.3. The number of hydrogen-bond donors (Lipinski definition) is 0. The quantitative estimate of drug-likeness (QED) is 0.329. The minimum absolute atomic E-state index is 0.0877. The average molecular weight is 466 g/mol. The van der Waals surface area contributed by atoms with E-state index in [4.69, 9.17) is 9.47 Å². The molecule has 10 heteroatoms. The predicted molar refractivity (Wildman–Crippen MR) is 100 cm³/mol. The van der Waals surface area contributed by atoms with Gasteiger partial charge in [0.2, 0.25) is 5.82 Å². The second kappa shape index (κ2) is 9.97. The van der Waals surface area contributed by atoms with E-state index in [1.54, 1.807) is 0 Å². The van der Waals surface area contributed by atoms with Gasteiger partial charge in [-0.25, -0.2) is 17.6 Å². The van der Waals surface area contributed by atoms with Crippen LogP contribution in [0, 0.1) is 35.0 Å². The minimum atomic E-state index is -4.51. The van der Waals surface area contributed by atoms with E-state index in [0.29, 0.717) is 25.0 Å². The summed E-state index contributed by atoms with van der Waals surface area (Å²) in [5.41, 5.74) is -1.52. The third-order valence-corrected chi connectivity index (χ3v) is 5.15. The van der Waals surface area contributed by atoms with Crippen molar-refractivity contribution in [3.63, 3.8) is 0 Å². The van der Waals surface area contributed by atoms with Crippen LogP contribution in [-0.2, 0) is 10.8 Å². The van der Waals surface area contributed by atoms with E-state index >= 15 is 0 Å². The molecular formula is C22H21F7O3. The molecule has 1 heterocycles. The molecule has 0 aliphatic carbocycles. The molecule has 1 fully saturated rings. The summed E-state index contributed by atoms with van der Waals surface area (Å²) in [6.07, 6.45) is -1.21. The van der Waals surface area contributed by atoms with Gasteiger partial charge < -0.3 is 14.2 Å². The van der Waals surface area contributed by atoms with Crippen LogP contribution in [-0.4, -0.2) is 19.3 Å². The van der Waals surface area contributed by atoms with E-state index in [1.807, 2.05) is 0 Å². The van der Waals surface area contributed by atoms with Gasteiger partial charge in [-0.05, 0) is 37.3 Å². The molecule has 0 saturated carbocycles. The van der Waals surface area contributed by atoms with Crippen molar-refractivity contribution >= 4 is 0 Å². The fourth-order valence-electron chi connectivity index (χ4n) is 3.47. The van der Waals surface area contributed by atoms with Gasteiger partial charge in [0.25, 0.3) is 0 Å². The van der Waals surface area contributed by atoms with Gasteiger partial charge in [0, 0.05) is 18.7 Å². The number of halogens is 7. The van der Waals surface area contributed by atoms with Crippen molar-refractivity contribution in [2.24, 2.45) is 5.92 Å². The van der Waals surface area contributed by atoms with E-state index in [9.17, 15) is 30.7 Å². The topological polar surface area (TPSA) is 27.7 Å². The van der Waals surface area contributed by atoms with Crippen LogP contribution in [0.25, 0.3) is 0 Å². The monoisotopic (exact) mass is 466 g/mol. The van der Waals surface area contributed by atoms with E-state index < -0.39 is 52.3 Å². The number of alkyl halides is 2. The molecule has 32 heavy (non-hydrogen) atoms. The molecule has 2 aromatic carbocycles. The second-order valence-electron chi connectivity index (χ2n) is 7.56. The van der Waals surface area contributed by atoms with Crippen LogP contribution >= 0.6 is 0 Å². The molecule has 3 rings (SSSR count). The van der Waals surface area contributed by atoms with Gasteiger partial charge in [0.05, 0.1) is 6.10 Å². The van der Waals surface area contributed by atoms with E-state index in [0.717, 1.165) is 25.3 Å². The van der Waals surface area contributed by atoms with Crippen molar-refractivity contribution in [2.45, 2.75) is 44.8 Å². The molecule has 0 bridgehead atoms. The highest BCUT2D eigenvalue weighted by molar-refractivity contribution is 5.34. The molecule has 0 N–H and O–H groups in total. The Labute approximate surface area is 180 Å². The molecule has 2 aromatic rings. The summed E-state index contributed by atoms with van der Waals surface area (Å²) in [4.78, 5) is 0. The van der Waals surface area contributed by atoms with Gasteiger partial charge in [-0.2, -0.15) is 13.2 Å². The number of ether oxygens (including phenoxy) is 3. The Morgan fingerprint density at radius 3 is 2.25 bits per heavy atom. The van der Waals surface area contributed by atoms with E-state index in [1.165, 1.54) is 0 Å². The lowest BCUT2D eigenvalue weighted by Gasteiger charge is -2.29. The highest BCUT2D eigenvalue weighted by Gasteiger charge is 2.40.